The number of methoxy groups -OCH3 is 1. The fraction of sp³-hybridized carbons (Fsp3) is 0.636. The molecule has 7 heteroatoms. The van der Waals surface area contributed by atoms with Crippen molar-refractivity contribution in [2.75, 3.05) is 19.0 Å². The van der Waals surface area contributed by atoms with Gasteiger partial charge in [-0.1, -0.05) is 0 Å². The topological polar surface area (TPSA) is 47.0 Å². The van der Waals surface area contributed by atoms with Gasteiger partial charge in [0.15, 0.2) is 0 Å². The van der Waals surface area contributed by atoms with Gasteiger partial charge in [0.1, 0.15) is 11.6 Å². The van der Waals surface area contributed by atoms with E-state index in [9.17, 15) is 13.2 Å². The fourth-order valence-electron chi connectivity index (χ4n) is 1.41. The maximum absolute atomic E-state index is 12.1. The summed E-state index contributed by atoms with van der Waals surface area (Å²) in [5, 5.41) is 2.96. The molecular formula is C11H16F3N3O. The van der Waals surface area contributed by atoms with Crippen LogP contribution in [-0.2, 0) is 17.8 Å². The summed E-state index contributed by atoms with van der Waals surface area (Å²) in [5.74, 6) is 0.703. The summed E-state index contributed by atoms with van der Waals surface area (Å²) in [6.07, 6.45) is -5.34. The number of aryl methyl sites for hydroxylation is 1. The third kappa shape index (κ3) is 5.31. The molecule has 1 aromatic heterocycles. The predicted octanol–water partition coefficient (Wildman–Crippen LogP) is 2.55. The Balaban J connectivity index is 2.81. The van der Waals surface area contributed by atoms with Gasteiger partial charge < -0.3 is 10.1 Å². The molecule has 0 saturated carbocycles. The molecule has 0 spiro atoms. The first kappa shape index (κ1) is 14.7. The Morgan fingerprint density at radius 1 is 1.33 bits per heavy atom. The molecule has 0 aliphatic rings. The van der Waals surface area contributed by atoms with Crippen LogP contribution in [0.4, 0.5) is 19.0 Å². The first-order chi connectivity index (χ1) is 8.44. The highest BCUT2D eigenvalue weighted by Gasteiger charge is 2.27. The molecule has 0 atom stereocenters. The van der Waals surface area contributed by atoms with E-state index in [1.54, 1.807) is 6.07 Å². The van der Waals surface area contributed by atoms with Gasteiger partial charge in [-0.05, 0) is 6.92 Å². The first-order valence-corrected chi connectivity index (χ1v) is 5.61. The molecule has 4 nitrogen and oxygen atoms in total. The highest BCUT2D eigenvalue weighted by Crippen LogP contribution is 2.21. The zero-order chi connectivity index (χ0) is 13.6. The van der Waals surface area contributed by atoms with Crippen molar-refractivity contribution in [2.24, 2.45) is 0 Å². The lowest BCUT2D eigenvalue weighted by Crippen LogP contribution is -2.12. The highest BCUT2D eigenvalue weighted by atomic mass is 19.4. The second-order valence-electron chi connectivity index (χ2n) is 3.74. The molecule has 0 aliphatic heterocycles. The van der Waals surface area contributed by atoms with Crippen LogP contribution in [-0.4, -0.2) is 29.8 Å². The van der Waals surface area contributed by atoms with Crippen LogP contribution in [0, 0.1) is 0 Å². The number of alkyl halides is 3. The van der Waals surface area contributed by atoms with E-state index in [1.165, 1.54) is 7.11 Å². The summed E-state index contributed by atoms with van der Waals surface area (Å²) in [6.45, 7) is 2.77. The standard InChI is InChI=1S/C11H16F3N3O/c1-3-15-10-6-8(7-18-2)16-9(17-10)4-5-11(12,13)14/h6H,3-5,7H2,1-2H3,(H,15,16,17). The van der Waals surface area contributed by atoms with Gasteiger partial charge in [0, 0.05) is 26.1 Å². The predicted molar refractivity (Wildman–Crippen MR) is 61.3 cm³/mol. The van der Waals surface area contributed by atoms with Gasteiger partial charge in [-0.3, -0.25) is 0 Å². The number of halogens is 3. The third-order valence-electron chi connectivity index (χ3n) is 2.11. The summed E-state index contributed by atoms with van der Waals surface area (Å²) >= 11 is 0. The van der Waals surface area contributed by atoms with Gasteiger partial charge in [0.05, 0.1) is 18.7 Å². The molecule has 102 valence electrons. The van der Waals surface area contributed by atoms with E-state index in [4.69, 9.17) is 4.74 Å². The number of hydrogen-bond acceptors (Lipinski definition) is 4. The number of rotatable bonds is 6. The number of hydrogen-bond donors (Lipinski definition) is 1. The van der Waals surface area contributed by atoms with Gasteiger partial charge in [-0.25, -0.2) is 9.97 Å². The van der Waals surface area contributed by atoms with Gasteiger partial charge in [0.25, 0.3) is 0 Å². The minimum atomic E-state index is -4.20. The van der Waals surface area contributed by atoms with Crippen LogP contribution < -0.4 is 5.32 Å². The minimum absolute atomic E-state index is 0.179. The lowest BCUT2D eigenvalue weighted by molar-refractivity contribution is -0.134. The van der Waals surface area contributed by atoms with Crippen LogP contribution in [0.25, 0.3) is 0 Å². The van der Waals surface area contributed by atoms with E-state index in [-0.39, 0.29) is 18.9 Å². The van der Waals surface area contributed by atoms with Crippen molar-refractivity contribution in [1.82, 2.24) is 9.97 Å². The lowest BCUT2D eigenvalue weighted by atomic mass is 10.2. The molecule has 0 radical (unpaired) electrons. The highest BCUT2D eigenvalue weighted by molar-refractivity contribution is 5.35. The molecule has 0 aliphatic carbocycles. The Morgan fingerprint density at radius 3 is 2.61 bits per heavy atom. The molecule has 1 aromatic rings. The van der Waals surface area contributed by atoms with Crippen molar-refractivity contribution in [1.29, 1.82) is 0 Å². The molecule has 0 bridgehead atoms. The van der Waals surface area contributed by atoms with Crippen LogP contribution in [0.1, 0.15) is 24.9 Å². The van der Waals surface area contributed by atoms with Crippen molar-refractivity contribution >= 4 is 5.82 Å². The zero-order valence-corrected chi connectivity index (χ0v) is 10.3. The van der Waals surface area contributed by atoms with Crippen LogP contribution in [0.3, 0.4) is 0 Å². The lowest BCUT2D eigenvalue weighted by Gasteiger charge is -2.09. The summed E-state index contributed by atoms with van der Waals surface area (Å²) in [7, 11) is 1.50. The van der Waals surface area contributed by atoms with Gasteiger partial charge in [0.2, 0.25) is 0 Å². The minimum Gasteiger partial charge on any atom is -0.378 e. The Kier molecular flexibility index (Phi) is 5.33. The summed E-state index contributed by atoms with van der Waals surface area (Å²) in [5.41, 5.74) is 0.570. The molecule has 0 fully saturated rings. The Bertz CT molecular complexity index is 358. The van der Waals surface area contributed by atoms with Crippen molar-refractivity contribution in [2.45, 2.75) is 32.5 Å². The average molecular weight is 263 g/mol. The normalized spacial score (nSPS) is 11.6. The quantitative estimate of drug-likeness (QED) is 0.856. The van der Waals surface area contributed by atoms with Crippen molar-refractivity contribution in [3.05, 3.63) is 17.6 Å². The Labute approximate surface area is 104 Å². The molecule has 1 rings (SSSR count). The molecular weight excluding hydrogens is 247 g/mol. The number of nitrogens with one attached hydrogen (secondary N) is 1. The van der Waals surface area contributed by atoms with E-state index < -0.39 is 12.6 Å². The largest absolute Gasteiger partial charge is 0.389 e. The maximum atomic E-state index is 12.1. The smallest absolute Gasteiger partial charge is 0.378 e. The molecule has 1 N–H and O–H groups in total. The number of aromatic nitrogens is 2. The van der Waals surface area contributed by atoms with E-state index in [0.717, 1.165) is 0 Å². The van der Waals surface area contributed by atoms with E-state index in [2.05, 4.69) is 15.3 Å². The van der Waals surface area contributed by atoms with Crippen LogP contribution in [0.15, 0.2) is 6.07 Å². The SMILES string of the molecule is CCNc1cc(COC)nc(CCC(F)(F)F)n1. The molecule has 18 heavy (non-hydrogen) atoms. The van der Waals surface area contributed by atoms with Gasteiger partial charge in [-0.15, -0.1) is 0 Å². The van der Waals surface area contributed by atoms with E-state index >= 15 is 0 Å². The van der Waals surface area contributed by atoms with Crippen LogP contribution in [0.2, 0.25) is 0 Å². The van der Waals surface area contributed by atoms with Gasteiger partial charge in [-0.2, -0.15) is 13.2 Å². The Hall–Kier alpha value is -1.37. The number of ether oxygens (including phenoxy) is 1. The van der Waals surface area contributed by atoms with Crippen molar-refractivity contribution < 1.29 is 17.9 Å². The number of nitrogens with zero attached hydrogens (tertiary/aromatic N) is 2. The first-order valence-electron chi connectivity index (χ1n) is 5.61. The molecule has 0 unspecified atom stereocenters. The third-order valence-corrected chi connectivity index (χ3v) is 2.11. The van der Waals surface area contributed by atoms with Crippen molar-refractivity contribution in [3.63, 3.8) is 0 Å². The van der Waals surface area contributed by atoms with E-state index in [1.807, 2.05) is 6.92 Å². The summed E-state index contributed by atoms with van der Waals surface area (Å²) in [6, 6.07) is 1.67. The maximum Gasteiger partial charge on any atom is 0.389 e. The second kappa shape index (κ2) is 6.53. The molecule has 1 heterocycles. The Morgan fingerprint density at radius 2 is 2.06 bits per heavy atom. The number of anilines is 1. The van der Waals surface area contributed by atoms with E-state index in [0.29, 0.717) is 18.1 Å². The van der Waals surface area contributed by atoms with Gasteiger partial charge >= 0.3 is 6.18 Å². The average Bonchev–Trinajstić information content (AvgIpc) is 2.26. The monoisotopic (exact) mass is 263 g/mol. The van der Waals surface area contributed by atoms with Crippen molar-refractivity contribution in [3.8, 4) is 0 Å². The fourth-order valence-corrected chi connectivity index (χ4v) is 1.41. The summed E-state index contributed by atoms with van der Waals surface area (Å²) in [4.78, 5) is 8.06. The molecule has 0 amide bonds. The zero-order valence-electron chi connectivity index (χ0n) is 10.3. The molecule has 0 aromatic carbocycles. The molecule has 0 saturated heterocycles. The second-order valence-corrected chi connectivity index (χ2v) is 3.74. The summed E-state index contributed by atoms with van der Waals surface area (Å²) < 4.78 is 41.3. The van der Waals surface area contributed by atoms with Crippen LogP contribution >= 0.6 is 0 Å². The van der Waals surface area contributed by atoms with Crippen LogP contribution in [0.5, 0.6) is 0 Å².